The quantitative estimate of drug-likeness (QED) is 0.645. The van der Waals surface area contributed by atoms with Crippen molar-refractivity contribution in [2.75, 3.05) is 7.05 Å². The van der Waals surface area contributed by atoms with Gasteiger partial charge in [-0.05, 0) is 19.3 Å². The molecular formula is C9H14N2O2. The zero-order chi connectivity index (χ0) is 9.42. The van der Waals surface area contributed by atoms with Crippen molar-refractivity contribution in [1.82, 2.24) is 4.90 Å². The van der Waals surface area contributed by atoms with Gasteiger partial charge in [0.2, 0.25) is 0 Å². The van der Waals surface area contributed by atoms with E-state index in [0.717, 1.165) is 12.8 Å². The van der Waals surface area contributed by atoms with E-state index in [0.29, 0.717) is 12.5 Å². The van der Waals surface area contributed by atoms with Crippen LogP contribution in [0.5, 0.6) is 0 Å². The summed E-state index contributed by atoms with van der Waals surface area (Å²) >= 11 is 0. The van der Waals surface area contributed by atoms with Crippen LogP contribution in [0.1, 0.15) is 19.3 Å². The Morgan fingerprint density at radius 1 is 1.62 bits per heavy atom. The lowest BCUT2D eigenvalue weighted by Crippen LogP contribution is -2.40. The third-order valence-corrected chi connectivity index (χ3v) is 3.09. The summed E-state index contributed by atoms with van der Waals surface area (Å²) in [5.74, 6) is -0.840. The molecule has 1 saturated carbocycles. The average Bonchev–Trinajstić information content (AvgIpc) is 2.47. The molecule has 72 valence electrons. The van der Waals surface area contributed by atoms with Crippen LogP contribution in [0.15, 0.2) is 4.99 Å². The molecule has 2 rings (SSSR count). The number of aliphatic imine (C=N–C) groups is 1. The maximum atomic E-state index is 10.8. The number of fused-ring (bicyclic) bond motifs is 1. The zero-order valence-electron chi connectivity index (χ0n) is 7.68. The van der Waals surface area contributed by atoms with Crippen LogP contribution >= 0.6 is 0 Å². The van der Waals surface area contributed by atoms with Crippen molar-refractivity contribution in [2.24, 2.45) is 10.9 Å². The summed E-state index contributed by atoms with van der Waals surface area (Å²) in [7, 11) is 2.01. The van der Waals surface area contributed by atoms with Crippen LogP contribution in [0, 0.1) is 5.92 Å². The Morgan fingerprint density at radius 2 is 2.38 bits per heavy atom. The van der Waals surface area contributed by atoms with Gasteiger partial charge in [-0.25, -0.2) is 0 Å². The molecule has 1 heterocycles. The average molecular weight is 182 g/mol. The Balaban J connectivity index is 2.03. The highest BCUT2D eigenvalue weighted by Gasteiger charge is 2.37. The predicted octanol–water partition coefficient (Wildman–Crippen LogP) is 0.582. The molecule has 2 aliphatic rings. The second kappa shape index (κ2) is 3.01. The summed E-state index contributed by atoms with van der Waals surface area (Å²) in [5, 5.41) is 8.86. The Morgan fingerprint density at radius 3 is 3.08 bits per heavy atom. The number of rotatable bonds is 1. The van der Waals surface area contributed by atoms with E-state index < -0.39 is 5.97 Å². The second-order valence-corrected chi connectivity index (χ2v) is 3.91. The summed E-state index contributed by atoms with van der Waals surface area (Å²) < 4.78 is 0. The van der Waals surface area contributed by atoms with Crippen LogP contribution in [0.25, 0.3) is 0 Å². The van der Waals surface area contributed by atoms with Crippen molar-refractivity contribution in [3.05, 3.63) is 0 Å². The van der Waals surface area contributed by atoms with Gasteiger partial charge >= 0.3 is 5.97 Å². The van der Waals surface area contributed by atoms with Gasteiger partial charge in [-0.1, -0.05) is 0 Å². The van der Waals surface area contributed by atoms with Crippen molar-refractivity contribution in [1.29, 1.82) is 0 Å². The Kier molecular flexibility index (Phi) is 1.98. The summed E-state index contributed by atoms with van der Waals surface area (Å²) in [4.78, 5) is 17.2. The van der Waals surface area contributed by atoms with E-state index in [1.165, 1.54) is 0 Å². The van der Waals surface area contributed by atoms with Gasteiger partial charge in [0.15, 0.2) is 0 Å². The van der Waals surface area contributed by atoms with Crippen LogP contribution in [-0.2, 0) is 4.79 Å². The third kappa shape index (κ3) is 1.41. The second-order valence-electron chi connectivity index (χ2n) is 3.91. The highest BCUT2D eigenvalue weighted by atomic mass is 16.4. The topological polar surface area (TPSA) is 52.9 Å². The number of aliphatic carboxylic acids is 1. The molecule has 0 aromatic rings. The van der Waals surface area contributed by atoms with Crippen LogP contribution in [-0.4, -0.2) is 41.4 Å². The van der Waals surface area contributed by atoms with Crippen LogP contribution < -0.4 is 0 Å². The molecule has 0 spiro atoms. The monoisotopic (exact) mass is 182 g/mol. The first kappa shape index (κ1) is 8.53. The lowest BCUT2D eigenvalue weighted by atomic mass is 9.83. The Bertz CT molecular complexity index is 252. The molecule has 4 nitrogen and oxygen atoms in total. The van der Waals surface area contributed by atoms with Gasteiger partial charge < -0.3 is 10.0 Å². The maximum absolute atomic E-state index is 10.8. The number of hydrogen-bond donors (Lipinski definition) is 1. The fourth-order valence-electron chi connectivity index (χ4n) is 2.27. The van der Waals surface area contributed by atoms with Crippen LogP contribution in [0.3, 0.4) is 0 Å². The minimum Gasteiger partial charge on any atom is -0.481 e. The first-order valence-corrected chi connectivity index (χ1v) is 4.66. The molecule has 1 aliphatic carbocycles. The van der Waals surface area contributed by atoms with Gasteiger partial charge in [-0.3, -0.25) is 9.79 Å². The molecule has 1 fully saturated rings. The predicted molar refractivity (Wildman–Crippen MR) is 48.8 cm³/mol. The minimum atomic E-state index is -0.664. The van der Waals surface area contributed by atoms with E-state index >= 15 is 0 Å². The lowest BCUT2D eigenvalue weighted by molar-refractivity contribution is -0.143. The highest BCUT2D eigenvalue weighted by molar-refractivity contribution is 5.70. The zero-order valence-corrected chi connectivity index (χ0v) is 7.68. The van der Waals surface area contributed by atoms with Gasteiger partial charge in [0.1, 0.15) is 0 Å². The summed E-state index contributed by atoms with van der Waals surface area (Å²) in [6.07, 6.45) is 4.29. The van der Waals surface area contributed by atoms with E-state index in [1.807, 2.05) is 13.4 Å². The lowest BCUT2D eigenvalue weighted by Gasteiger charge is -2.31. The molecule has 0 bridgehead atoms. The first-order chi connectivity index (χ1) is 6.18. The van der Waals surface area contributed by atoms with Crippen molar-refractivity contribution in [3.63, 3.8) is 0 Å². The number of likely N-dealkylation sites (N-methyl/N-ethyl adjacent to an activating group) is 1. The molecule has 1 N–H and O–H groups in total. The molecule has 0 aromatic carbocycles. The summed E-state index contributed by atoms with van der Waals surface area (Å²) in [6, 6.07) is 0.676. The van der Waals surface area contributed by atoms with Gasteiger partial charge in [-0.15, -0.1) is 0 Å². The fraction of sp³-hybridized carbons (Fsp3) is 0.778. The standard InChI is InChI=1S/C9H14N2O2/c1-11-5-10-7-4-6(9(12)13)2-3-8(7)11/h5-8H,2-4H2,1H3,(H,12,13). The summed E-state index contributed by atoms with van der Waals surface area (Å²) in [5.41, 5.74) is 0. The molecule has 0 radical (unpaired) electrons. The number of carboxylic acid groups (broad SMARTS) is 1. The van der Waals surface area contributed by atoms with Crippen molar-refractivity contribution >= 4 is 12.3 Å². The molecule has 0 saturated heterocycles. The van der Waals surface area contributed by atoms with Crippen LogP contribution in [0.4, 0.5) is 0 Å². The fourth-order valence-corrected chi connectivity index (χ4v) is 2.27. The minimum absolute atomic E-state index is 0.176. The molecular weight excluding hydrogens is 168 g/mol. The Labute approximate surface area is 77.3 Å². The largest absolute Gasteiger partial charge is 0.481 e. The van der Waals surface area contributed by atoms with E-state index in [-0.39, 0.29) is 12.0 Å². The van der Waals surface area contributed by atoms with Gasteiger partial charge in [0, 0.05) is 7.05 Å². The molecule has 3 atom stereocenters. The van der Waals surface area contributed by atoms with E-state index in [9.17, 15) is 4.79 Å². The molecule has 1 aliphatic heterocycles. The molecule has 0 aromatic heterocycles. The SMILES string of the molecule is CN1C=NC2CC(C(=O)O)CCC21. The molecule has 13 heavy (non-hydrogen) atoms. The number of carboxylic acids is 1. The summed E-state index contributed by atoms with van der Waals surface area (Å²) in [6.45, 7) is 0. The van der Waals surface area contributed by atoms with Crippen LogP contribution in [0.2, 0.25) is 0 Å². The smallest absolute Gasteiger partial charge is 0.306 e. The number of carbonyl (C=O) groups is 1. The van der Waals surface area contributed by atoms with Crippen molar-refractivity contribution < 1.29 is 9.90 Å². The molecule has 3 unspecified atom stereocenters. The maximum Gasteiger partial charge on any atom is 0.306 e. The van der Waals surface area contributed by atoms with Crippen molar-refractivity contribution in [2.45, 2.75) is 31.3 Å². The Hall–Kier alpha value is -1.06. The third-order valence-electron chi connectivity index (χ3n) is 3.09. The first-order valence-electron chi connectivity index (χ1n) is 4.66. The van der Waals surface area contributed by atoms with Gasteiger partial charge in [0.25, 0.3) is 0 Å². The normalized spacial score (nSPS) is 37.6. The van der Waals surface area contributed by atoms with Crippen molar-refractivity contribution in [3.8, 4) is 0 Å². The molecule has 0 amide bonds. The van der Waals surface area contributed by atoms with E-state index in [1.54, 1.807) is 0 Å². The highest BCUT2D eigenvalue weighted by Crippen LogP contribution is 2.31. The van der Waals surface area contributed by atoms with Gasteiger partial charge in [0.05, 0.1) is 24.3 Å². The number of nitrogens with zero attached hydrogens (tertiary/aromatic N) is 2. The number of hydrogen-bond acceptors (Lipinski definition) is 3. The van der Waals surface area contributed by atoms with E-state index in [2.05, 4.69) is 9.89 Å². The molecule has 4 heteroatoms. The van der Waals surface area contributed by atoms with E-state index in [4.69, 9.17) is 5.11 Å². The van der Waals surface area contributed by atoms with Gasteiger partial charge in [-0.2, -0.15) is 0 Å².